The molecule has 0 bridgehead atoms. The van der Waals surface area contributed by atoms with E-state index in [1.54, 1.807) is 6.07 Å². The van der Waals surface area contributed by atoms with Crippen LogP contribution in [0.1, 0.15) is 94.1 Å². The molecule has 4 rings (SSSR count). The molecule has 28 heavy (non-hydrogen) atoms. The van der Waals surface area contributed by atoms with Gasteiger partial charge in [-0.15, -0.1) is 0 Å². The molecule has 0 unspecified atom stereocenters. The van der Waals surface area contributed by atoms with Crippen molar-refractivity contribution < 1.29 is 8.78 Å². The molecule has 0 heterocycles. The van der Waals surface area contributed by atoms with E-state index in [0.717, 1.165) is 37.2 Å². The van der Waals surface area contributed by atoms with E-state index < -0.39 is 11.6 Å². The predicted molar refractivity (Wildman–Crippen MR) is 113 cm³/mol. The first-order valence-corrected chi connectivity index (χ1v) is 11.3. The molecule has 0 atom stereocenters. The molecule has 2 aromatic carbocycles. The van der Waals surface area contributed by atoms with E-state index in [-0.39, 0.29) is 5.92 Å². The Morgan fingerprint density at radius 3 is 2.04 bits per heavy atom. The summed E-state index contributed by atoms with van der Waals surface area (Å²) in [6.45, 7) is 2.22. The maximum absolute atomic E-state index is 14.9. The fourth-order valence-corrected chi connectivity index (χ4v) is 5.36. The first kappa shape index (κ1) is 19.6. The fraction of sp³-hybridized carbons (Fsp3) is 0.538. The summed E-state index contributed by atoms with van der Waals surface area (Å²) in [6, 6.07) is 11.8. The van der Waals surface area contributed by atoms with Gasteiger partial charge in [0.25, 0.3) is 0 Å². The summed E-state index contributed by atoms with van der Waals surface area (Å²) in [5.74, 6) is 0.241. The van der Waals surface area contributed by atoms with Crippen molar-refractivity contribution in [2.24, 2.45) is 5.92 Å². The van der Waals surface area contributed by atoms with Gasteiger partial charge in [-0.2, -0.15) is 0 Å². The number of hydrogen-bond donors (Lipinski definition) is 0. The van der Waals surface area contributed by atoms with Crippen LogP contribution in [0.25, 0.3) is 11.1 Å². The van der Waals surface area contributed by atoms with E-state index in [2.05, 4.69) is 19.1 Å². The van der Waals surface area contributed by atoms with Crippen LogP contribution in [0.15, 0.2) is 36.4 Å². The summed E-state index contributed by atoms with van der Waals surface area (Å²) in [6.07, 6.45) is 11.8. The zero-order valence-corrected chi connectivity index (χ0v) is 17.0. The molecule has 150 valence electrons. The molecule has 2 fully saturated rings. The van der Waals surface area contributed by atoms with Crippen molar-refractivity contribution in [2.45, 2.75) is 83.0 Å². The Balaban J connectivity index is 1.53. The Hall–Kier alpha value is -1.70. The van der Waals surface area contributed by atoms with Crippen LogP contribution >= 0.6 is 0 Å². The Bertz CT molecular complexity index is 779. The molecule has 0 N–H and O–H groups in total. The van der Waals surface area contributed by atoms with Gasteiger partial charge in [0.2, 0.25) is 0 Å². The van der Waals surface area contributed by atoms with Crippen LogP contribution in [-0.2, 0) is 0 Å². The third kappa shape index (κ3) is 4.02. The molecular weight excluding hydrogens is 350 g/mol. The molecule has 0 aliphatic heterocycles. The van der Waals surface area contributed by atoms with Gasteiger partial charge in [0.05, 0.1) is 0 Å². The van der Waals surface area contributed by atoms with Crippen LogP contribution in [0.4, 0.5) is 8.78 Å². The van der Waals surface area contributed by atoms with Gasteiger partial charge in [-0.05, 0) is 73.0 Å². The van der Waals surface area contributed by atoms with Crippen molar-refractivity contribution >= 4 is 0 Å². The average molecular weight is 383 g/mol. The minimum atomic E-state index is -0.680. The number of halogens is 2. The molecule has 0 amide bonds. The molecule has 0 saturated heterocycles. The minimum absolute atomic E-state index is 0.167. The third-order valence-corrected chi connectivity index (χ3v) is 7.27. The molecule has 0 nitrogen and oxygen atoms in total. The Labute approximate surface area is 168 Å². The van der Waals surface area contributed by atoms with E-state index in [1.165, 1.54) is 44.1 Å². The van der Waals surface area contributed by atoms with E-state index in [9.17, 15) is 8.78 Å². The zero-order valence-electron chi connectivity index (χ0n) is 17.0. The van der Waals surface area contributed by atoms with E-state index >= 15 is 0 Å². The van der Waals surface area contributed by atoms with Crippen molar-refractivity contribution in [3.63, 3.8) is 0 Å². The van der Waals surface area contributed by atoms with Crippen LogP contribution in [0, 0.1) is 17.6 Å². The highest BCUT2D eigenvalue weighted by Crippen LogP contribution is 2.40. The normalized spacial score (nSPS) is 23.7. The Morgan fingerprint density at radius 2 is 1.39 bits per heavy atom. The molecule has 2 aromatic rings. The molecule has 0 aromatic heterocycles. The van der Waals surface area contributed by atoms with Crippen molar-refractivity contribution in [2.75, 3.05) is 0 Å². The standard InChI is InChI=1S/C26H32F2/c1-2-18-8-10-21(11-9-18)23-16-17-24(26(28)25(23)27)22-14-12-20(13-15-22)19-6-4-3-5-7-19/h12-19,21H,2-11H2,1H3. The quantitative estimate of drug-likeness (QED) is 0.498. The maximum atomic E-state index is 14.9. The highest BCUT2D eigenvalue weighted by atomic mass is 19.2. The molecule has 2 saturated carbocycles. The van der Waals surface area contributed by atoms with Gasteiger partial charge >= 0.3 is 0 Å². The Morgan fingerprint density at radius 1 is 0.714 bits per heavy atom. The highest BCUT2D eigenvalue weighted by molar-refractivity contribution is 5.65. The summed E-state index contributed by atoms with van der Waals surface area (Å²) >= 11 is 0. The van der Waals surface area contributed by atoms with Crippen LogP contribution in [0.5, 0.6) is 0 Å². The lowest BCUT2D eigenvalue weighted by Gasteiger charge is -2.28. The van der Waals surface area contributed by atoms with Gasteiger partial charge in [0.15, 0.2) is 11.6 Å². The molecular formula is C26H32F2. The van der Waals surface area contributed by atoms with Crippen molar-refractivity contribution in [1.29, 1.82) is 0 Å². The largest absolute Gasteiger partial charge is 0.203 e. The van der Waals surface area contributed by atoms with Gasteiger partial charge < -0.3 is 0 Å². The van der Waals surface area contributed by atoms with Gasteiger partial charge in [-0.1, -0.05) is 69.0 Å². The van der Waals surface area contributed by atoms with E-state index in [1.807, 2.05) is 18.2 Å². The van der Waals surface area contributed by atoms with Crippen LogP contribution in [0.3, 0.4) is 0 Å². The topological polar surface area (TPSA) is 0 Å². The van der Waals surface area contributed by atoms with E-state index in [0.29, 0.717) is 17.0 Å². The van der Waals surface area contributed by atoms with E-state index in [4.69, 9.17) is 0 Å². The van der Waals surface area contributed by atoms with Gasteiger partial charge in [-0.3, -0.25) is 0 Å². The summed E-state index contributed by atoms with van der Waals surface area (Å²) < 4.78 is 29.8. The summed E-state index contributed by atoms with van der Waals surface area (Å²) in [5, 5.41) is 0. The van der Waals surface area contributed by atoms with Crippen molar-refractivity contribution in [3.05, 3.63) is 59.2 Å². The Kier molecular flexibility index (Phi) is 6.13. The lowest BCUT2D eigenvalue weighted by molar-refractivity contribution is 0.312. The molecule has 2 aliphatic rings. The van der Waals surface area contributed by atoms with Crippen LogP contribution < -0.4 is 0 Å². The van der Waals surface area contributed by atoms with Crippen molar-refractivity contribution in [3.8, 4) is 11.1 Å². The zero-order chi connectivity index (χ0) is 19.5. The second kappa shape index (κ2) is 8.76. The van der Waals surface area contributed by atoms with Gasteiger partial charge in [-0.25, -0.2) is 8.78 Å². The molecule has 0 spiro atoms. The van der Waals surface area contributed by atoms with Crippen LogP contribution in [-0.4, -0.2) is 0 Å². The summed E-state index contributed by atoms with van der Waals surface area (Å²) in [5.41, 5.74) is 3.08. The molecule has 2 aliphatic carbocycles. The summed E-state index contributed by atoms with van der Waals surface area (Å²) in [7, 11) is 0. The van der Waals surface area contributed by atoms with Gasteiger partial charge in [0.1, 0.15) is 0 Å². The second-order valence-electron chi connectivity index (χ2n) is 8.91. The third-order valence-electron chi connectivity index (χ3n) is 7.27. The predicted octanol–water partition coefficient (Wildman–Crippen LogP) is 8.36. The lowest BCUT2D eigenvalue weighted by Crippen LogP contribution is -2.14. The first-order chi connectivity index (χ1) is 13.7. The molecule has 0 radical (unpaired) electrons. The monoisotopic (exact) mass is 382 g/mol. The summed E-state index contributed by atoms with van der Waals surface area (Å²) in [4.78, 5) is 0. The number of hydrogen-bond acceptors (Lipinski definition) is 0. The van der Waals surface area contributed by atoms with Crippen molar-refractivity contribution in [1.82, 2.24) is 0 Å². The fourth-order valence-electron chi connectivity index (χ4n) is 5.36. The second-order valence-corrected chi connectivity index (χ2v) is 8.91. The highest BCUT2D eigenvalue weighted by Gasteiger charge is 2.26. The SMILES string of the molecule is CCC1CCC(c2ccc(-c3ccc(C4CCCCC4)cc3)c(F)c2F)CC1. The minimum Gasteiger partial charge on any atom is -0.203 e. The number of rotatable bonds is 4. The van der Waals surface area contributed by atoms with Crippen LogP contribution in [0.2, 0.25) is 0 Å². The average Bonchev–Trinajstić information content (AvgIpc) is 2.76. The smallest absolute Gasteiger partial charge is 0.166 e. The first-order valence-electron chi connectivity index (χ1n) is 11.3. The number of benzene rings is 2. The van der Waals surface area contributed by atoms with Gasteiger partial charge in [0, 0.05) is 5.56 Å². The lowest BCUT2D eigenvalue weighted by atomic mass is 9.77. The molecule has 2 heteroatoms. The maximum Gasteiger partial charge on any atom is 0.166 e.